The van der Waals surface area contributed by atoms with E-state index in [1.807, 2.05) is 13.8 Å². The van der Waals surface area contributed by atoms with Crippen LogP contribution in [0.3, 0.4) is 0 Å². The fourth-order valence-electron chi connectivity index (χ4n) is 1.48. The van der Waals surface area contributed by atoms with Crippen molar-refractivity contribution in [1.82, 2.24) is 14.5 Å². The molecule has 0 saturated carbocycles. The zero-order valence-electron chi connectivity index (χ0n) is 11.1. The maximum Gasteiger partial charge on any atom is 0.228 e. The number of nitrogens with one attached hydrogen (secondary N) is 1. The van der Waals surface area contributed by atoms with E-state index < -0.39 is 0 Å². The molecule has 0 spiro atoms. The summed E-state index contributed by atoms with van der Waals surface area (Å²) in [6.07, 6.45) is 0.692. The molecule has 0 saturated heterocycles. The molecule has 104 valence electrons. The SMILES string of the molecule is Cc1noc(CCNc2snc(N)c2OC(C)C)n1. The van der Waals surface area contributed by atoms with Gasteiger partial charge in [0, 0.05) is 13.0 Å². The monoisotopic (exact) mass is 283 g/mol. The molecule has 0 aliphatic heterocycles. The van der Waals surface area contributed by atoms with Crippen LogP contribution in [-0.2, 0) is 6.42 Å². The topological polar surface area (TPSA) is 99.1 Å². The summed E-state index contributed by atoms with van der Waals surface area (Å²) in [5, 5.41) is 7.78. The van der Waals surface area contributed by atoms with Gasteiger partial charge in [0.25, 0.3) is 0 Å². The second-order valence-electron chi connectivity index (χ2n) is 4.30. The summed E-state index contributed by atoms with van der Waals surface area (Å²) >= 11 is 1.28. The first-order valence-corrected chi connectivity index (χ1v) is 6.78. The predicted octanol–water partition coefficient (Wildman–Crippen LogP) is 1.86. The van der Waals surface area contributed by atoms with Crippen molar-refractivity contribution in [2.24, 2.45) is 0 Å². The van der Waals surface area contributed by atoms with Crippen molar-refractivity contribution in [3.8, 4) is 5.75 Å². The minimum atomic E-state index is 0.0536. The molecular weight excluding hydrogens is 266 g/mol. The number of anilines is 2. The van der Waals surface area contributed by atoms with Gasteiger partial charge >= 0.3 is 0 Å². The molecule has 3 N–H and O–H groups in total. The van der Waals surface area contributed by atoms with Crippen molar-refractivity contribution in [1.29, 1.82) is 0 Å². The van der Waals surface area contributed by atoms with Crippen LogP contribution in [0.15, 0.2) is 4.52 Å². The Bertz CT molecular complexity index is 537. The lowest BCUT2D eigenvalue weighted by atomic mass is 10.4. The van der Waals surface area contributed by atoms with Gasteiger partial charge in [-0.15, -0.1) is 0 Å². The van der Waals surface area contributed by atoms with E-state index in [0.717, 1.165) is 5.00 Å². The van der Waals surface area contributed by atoms with Crippen LogP contribution in [0.2, 0.25) is 0 Å². The van der Waals surface area contributed by atoms with Gasteiger partial charge in [-0.3, -0.25) is 0 Å². The van der Waals surface area contributed by atoms with Crippen LogP contribution in [-0.4, -0.2) is 27.2 Å². The van der Waals surface area contributed by atoms with Crippen molar-refractivity contribution in [2.75, 3.05) is 17.6 Å². The second kappa shape index (κ2) is 5.87. The normalized spacial score (nSPS) is 10.9. The Morgan fingerprint density at radius 1 is 1.47 bits per heavy atom. The minimum absolute atomic E-state index is 0.0536. The van der Waals surface area contributed by atoms with Crippen LogP contribution >= 0.6 is 11.5 Å². The van der Waals surface area contributed by atoms with Crippen molar-refractivity contribution < 1.29 is 9.26 Å². The Hall–Kier alpha value is -1.83. The third-order valence-electron chi connectivity index (χ3n) is 2.22. The molecule has 0 aliphatic rings. The summed E-state index contributed by atoms with van der Waals surface area (Å²) in [7, 11) is 0. The molecule has 0 fully saturated rings. The first kappa shape index (κ1) is 13.6. The van der Waals surface area contributed by atoms with Crippen LogP contribution in [0.4, 0.5) is 10.8 Å². The van der Waals surface area contributed by atoms with E-state index in [2.05, 4.69) is 19.8 Å². The fraction of sp³-hybridized carbons (Fsp3) is 0.545. The Balaban J connectivity index is 1.92. The average Bonchev–Trinajstić information content (AvgIpc) is 2.89. The zero-order valence-corrected chi connectivity index (χ0v) is 12.0. The Morgan fingerprint density at radius 3 is 2.89 bits per heavy atom. The van der Waals surface area contributed by atoms with Gasteiger partial charge in [0.15, 0.2) is 22.4 Å². The van der Waals surface area contributed by atoms with E-state index in [-0.39, 0.29) is 6.10 Å². The molecule has 2 aromatic heterocycles. The van der Waals surface area contributed by atoms with Crippen molar-refractivity contribution in [3.63, 3.8) is 0 Å². The Kier molecular flexibility index (Phi) is 4.20. The van der Waals surface area contributed by atoms with E-state index in [9.17, 15) is 0 Å². The zero-order chi connectivity index (χ0) is 13.8. The molecule has 0 amide bonds. The van der Waals surface area contributed by atoms with E-state index in [1.165, 1.54) is 11.5 Å². The van der Waals surface area contributed by atoms with Crippen LogP contribution < -0.4 is 15.8 Å². The maximum absolute atomic E-state index is 5.77. The smallest absolute Gasteiger partial charge is 0.228 e. The number of nitrogens with zero attached hydrogens (tertiary/aromatic N) is 3. The van der Waals surface area contributed by atoms with Crippen molar-refractivity contribution in [2.45, 2.75) is 33.3 Å². The second-order valence-corrected chi connectivity index (χ2v) is 5.08. The number of hydrogen-bond donors (Lipinski definition) is 2. The van der Waals surface area contributed by atoms with Gasteiger partial charge in [0.2, 0.25) is 5.89 Å². The molecule has 0 atom stereocenters. The Morgan fingerprint density at radius 2 is 2.26 bits per heavy atom. The highest BCUT2D eigenvalue weighted by Gasteiger charge is 2.14. The lowest BCUT2D eigenvalue weighted by Gasteiger charge is -2.11. The number of aromatic nitrogens is 3. The van der Waals surface area contributed by atoms with Gasteiger partial charge in [-0.1, -0.05) is 5.16 Å². The standard InChI is InChI=1S/C11H17N5O2S/c1-6(2)17-9-10(12)16-19-11(9)13-5-4-8-14-7(3)15-18-8/h6,13H,4-5H2,1-3H3,(H2,12,16). The highest BCUT2D eigenvalue weighted by atomic mass is 32.1. The molecule has 8 heteroatoms. The number of aryl methyl sites for hydroxylation is 1. The summed E-state index contributed by atoms with van der Waals surface area (Å²) < 4.78 is 14.7. The van der Waals surface area contributed by atoms with Crippen molar-refractivity contribution in [3.05, 3.63) is 11.7 Å². The third kappa shape index (κ3) is 3.57. The number of hydrogen-bond acceptors (Lipinski definition) is 8. The van der Waals surface area contributed by atoms with Crippen LogP contribution in [0.1, 0.15) is 25.6 Å². The number of rotatable bonds is 6. The summed E-state index contributed by atoms with van der Waals surface area (Å²) in [5.74, 6) is 2.27. The lowest BCUT2D eigenvalue weighted by molar-refractivity contribution is 0.245. The van der Waals surface area contributed by atoms with Crippen LogP contribution in [0, 0.1) is 6.92 Å². The molecule has 19 heavy (non-hydrogen) atoms. The average molecular weight is 283 g/mol. The predicted molar refractivity (Wildman–Crippen MR) is 73.5 cm³/mol. The summed E-state index contributed by atoms with van der Waals surface area (Å²) in [5.41, 5.74) is 5.77. The van der Waals surface area contributed by atoms with E-state index in [0.29, 0.717) is 36.2 Å². The highest BCUT2D eigenvalue weighted by Crippen LogP contribution is 2.35. The van der Waals surface area contributed by atoms with E-state index in [4.69, 9.17) is 15.0 Å². The number of ether oxygens (including phenoxy) is 1. The Labute approximate surface area is 115 Å². The largest absolute Gasteiger partial charge is 0.484 e. The lowest BCUT2D eigenvalue weighted by Crippen LogP contribution is -2.10. The van der Waals surface area contributed by atoms with Gasteiger partial charge in [0.05, 0.1) is 6.10 Å². The maximum atomic E-state index is 5.77. The van der Waals surface area contributed by atoms with E-state index in [1.54, 1.807) is 6.92 Å². The summed E-state index contributed by atoms with van der Waals surface area (Å²) in [6.45, 7) is 6.33. The number of nitrogen functional groups attached to an aromatic ring is 1. The fourth-order valence-corrected chi connectivity index (χ4v) is 2.16. The van der Waals surface area contributed by atoms with Gasteiger partial charge in [-0.2, -0.15) is 9.36 Å². The number of nitrogens with two attached hydrogens (primary N) is 1. The molecule has 0 aromatic carbocycles. The molecule has 0 unspecified atom stereocenters. The first-order chi connectivity index (χ1) is 9.06. The molecule has 2 heterocycles. The van der Waals surface area contributed by atoms with Crippen LogP contribution in [0.25, 0.3) is 0 Å². The molecular formula is C11H17N5O2S. The molecule has 7 nitrogen and oxygen atoms in total. The highest BCUT2D eigenvalue weighted by molar-refractivity contribution is 7.11. The first-order valence-electron chi connectivity index (χ1n) is 6.01. The molecule has 0 aliphatic carbocycles. The summed E-state index contributed by atoms with van der Waals surface area (Å²) in [4.78, 5) is 4.13. The van der Waals surface area contributed by atoms with Crippen molar-refractivity contribution >= 4 is 22.4 Å². The quantitative estimate of drug-likeness (QED) is 0.834. The van der Waals surface area contributed by atoms with Crippen LogP contribution in [0.5, 0.6) is 5.75 Å². The summed E-state index contributed by atoms with van der Waals surface area (Å²) in [6, 6.07) is 0. The third-order valence-corrected chi connectivity index (χ3v) is 3.02. The molecule has 0 radical (unpaired) electrons. The molecule has 2 aromatic rings. The van der Waals surface area contributed by atoms with E-state index >= 15 is 0 Å². The molecule has 0 bridgehead atoms. The van der Waals surface area contributed by atoms with Gasteiger partial charge in [0.1, 0.15) is 0 Å². The van der Waals surface area contributed by atoms with Gasteiger partial charge < -0.3 is 20.3 Å². The van der Waals surface area contributed by atoms with Gasteiger partial charge in [-0.05, 0) is 32.3 Å². The molecule has 2 rings (SSSR count). The van der Waals surface area contributed by atoms with Gasteiger partial charge in [-0.25, -0.2) is 0 Å². The minimum Gasteiger partial charge on any atom is -0.484 e.